The predicted molar refractivity (Wildman–Crippen MR) is 69.1 cm³/mol. The molecule has 1 aliphatic heterocycles. The number of nitrogens with one attached hydrogen (secondary N) is 1. The highest BCUT2D eigenvalue weighted by Gasteiger charge is 2.23. The molecule has 0 bridgehead atoms. The molecule has 0 aromatic heterocycles. The smallest absolute Gasteiger partial charge is 0.407 e. The van der Waals surface area contributed by atoms with Crippen LogP contribution in [-0.2, 0) is 4.74 Å². The molecule has 18 heavy (non-hydrogen) atoms. The van der Waals surface area contributed by atoms with Gasteiger partial charge >= 0.3 is 6.09 Å². The van der Waals surface area contributed by atoms with Crippen LogP contribution in [0.15, 0.2) is 54.6 Å². The molecule has 0 radical (unpaired) electrons. The van der Waals surface area contributed by atoms with Gasteiger partial charge in [0.05, 0.1) is 6.04 Å². The molecular formula is C15H13NO2. The van der Waals surface area contributed by atoms with E-state index in [4.69, 9.17) is 4.74 Å². The first-order valence-corrected chi connectivity index (χ1v) is 5.91. The minimum Gasteiger partial charge on any atom is -0.447 e. The number of alkyl carbamates (subject to hydrolysis) is 1. The fourth-order valence-electron chi connectivity index (χ4n) is 2.10. The first-order chi connectivity index (χ1) is 8.83. The molecule has 0 aliphatic carbocycles. The van der Waals surface area contributed by atoms with Crippen LogP contribution in [0.25, 0.3) is 11.1 Å². The van der Waals surface area contributed by atoms with E-state index in [9.17, 15) is 4.79 Å². The van der Waals surface area contributed by atoms with E-state index < -0.39 is 0 Å². The zero-order chi connectivity index (χ0) is 12.4. The third-order valence-electron chi connectivity index (χ3n) is 3.09. The lowest BCUT2D eigenvalue weighted by Crippen LogP contribution is -2.18. The summed E-state index contributed by atoms with van der Waals surface area (Å²) in [4.78, 5) is 11.0. The molecule has 1 fully saturated rings. The normalized spacial score (nSPS) is 18.2. The van der Waals surface area contributed by atoms with Crippen molar-refractivity contribution in [2.24, 2.45) is 0 Å². The van der Waals surface area contributed by atoms with Gasteiger partial charge in [-0.15, -0.1) is 0 Å². The molecule has 0 saturated carbocycles. The Kier molecular flexibility index (Phi) is 2.73. The molecule has 1 N–H and O–H groups in total. The van der Waals surface area contributed by atoms with Crippen LogP contribution in [0.1, 0.15) is 11.6 Å². The molecule has 90 valence electrons. The summed E-state index contributed by atoms with van der Waals surface area (Å²) in [6.07, 6.45) is -0.341. The zero-order valence-corrected chi connectivity index (χ0v) is 9.80. The summed E-state index contributed by atoms with van der Waals surface area (Å²) in [5, 5.41) is 2.77. The van der Waals surface area contributed by atoms with Gasteiger partial charge in [0, 0.05) is 0 Å². The number of rotatable bonds is 2. The first-order valence-electron chi connectivity index (χ1n) is 5.91. The summed E-state index contributed by atoms with van der Waals surface area (Å²) in [6, 6.07) is 18.4. The van der Waals surface area contributed by atoms with Crippen LogP contribution in [0.2, 0.25) is 0 Å². The van der Waals surface area contributed by atoms with Crippen molar-refractivity contribution in [2.45, 2.75) is 6.04 Å². The minimum absolute atomic E-state index is 0.0256. The Morgan fingerprint density at radius 2 is 1.61 bits per heavy atom. The summed E-state index contributed by atoms with van der Waals surface area (Å²) in [5.74, 6) is 0. The van der Waals surface area contributed by atoms with Gasteiger partial charge < -0.3 is 10.1 Å². The summed E-state index contributed by atoms with van der Waals surface area (Å²) in [6.45, 7) is 0.406. The molecule has 1 saturated heterocycles. The van der Waals surface area contributed by atoms with Crippen molar-refractivity contribution in [1.82, 2.24) is 5.32 Å². The molecule has 3 rings (SSSR count). The van der Waals surface area contributed by atoms with Crippen LogP contribution in [0, 0.1) is 0 Å². The van der Waals surface area contributed by atoms with Gasteiger partial charge in [0.25, 0.3) is 0 Å². The Labute approximate surface area is 105 Å². The topological polar surface area (TPSA) is 38.3 Å². The second-order valence-electron chi connectivity index (χ2n) is 4.28. The molecule has 1 heterocycles. The number of benzene rings is 2. The van der Waals surface area contributed by atoms with Crippen LogP contribution >= 0.6 is 0 Å². The fourth-order valence-corrected chi connectivity index (χ4v) is 2.10. The lowest BCUT2D eigenvalue weighted by molar-refractivity contribution is 0.177. The molecular weight excluding hydrogens is 226 g/mol. The Balaban J connectivity index is 1.83. The standard InChI is InChI=1S/C15H13NO2/c17-15-16-14(10-18-15)13-8-6-12(7-9-13)11-4-2-1-3-5-11/h1-9,14H,10H2,(H,16,17). The molecule has 2 aromatic rings. The molecule has 1 unspecified atom stereocenters. The highest BCUT2D eigenvalue weighted by Crippen LogP contribution is 2.23. The maximum Gasteiger partial charge on any atom is 0.407 e. The van der Waals surface area contributed by atoms with Crippen molar-refractivity contribution in [3.63, 3.8) is 0 Å². The summed E-state index contributed by atoms with van der Waals surface area (Å²) >= 11 is 0. The van der Waals surface area contributed by atoms with Crippen molar-refractivity contribution < 1.29 is 9.53 Å². The molecule has 0 spiro atoms. The Morgan fingerprint density at radius 3 is 2.22 bits per heavy atom. The summed E-state index contributed by atoms with van der Waals surface area (Å²) in [7, 11) is 0. The predicted octanol–water partition coefficient (Wildman–Crippen LogP) is 3.13. The summed E-state index contributed by atoms with van der Waals surface area (Å²) < 4.78 is 4.88. The average Bonchev–Trinajstić information content (AvgIpc) is 2.87. The van der Waals surface area contributed by atoms with Crippen LogP contribution in [-0.4, -0.2) is 12.7 Å². The fraction of sp³-hybridized carbons (Fsp3) is 0.133. The molecule has 2 aromatic carbocycles. The van der Waals surface area contributed by atoms with E-state index >= 15 is 0 Å². The SMILES string of the molecule is O=C1NC(c2ccc(-c3ccccc3)cc2)CO1. The monoisotopic (exact) mass is 239 g/mol. The molecule has 1 atom stereocenters. The van der Waals surface area contributed by atoms with Crippen LogP contribution < -0.4 is 5.32 Å². The van der Waals surface area contributed by atoms with E-state index in [1.807, 2.05) is 30.3 Å². The lowest BCUT2D eigenvalue weighted by Gasteiger charge is -2.08. The van der Waals surface area contributed by atoms with E-state index in [0.29, 0.717) is 6.61 Å². The lowest BCUT2D eigenvalue weighted by atomic mass is 10.0. The number of hydrogen-bond acceptors (Lipinski definition) is 2. The highest BCUT2D eigenvalue weighted by atomic mass is 16.6. The number of carbonyl (C=O) groups excluding carboxylic acids is 1. The third kappa shape index (κ3) is 2.07. The van der Waals surface area contributed by atoms with Crippen LogP contribution in [0.3, 0.4) is 0 Å². The van der Waals surface area contributed by atoms with Gasteiger partial charge in [0.15, 0.2) is 0 Å². The van der Waals surface area contributed by atoms with Crippen LogP contribution in [0.4, 0.5) is 4.79 Å². The van der Waals surface area contributed by atoms with E-state index in [1.54, 1.807) is 0 Å². The van der Waals surface area contributed by atoms with Crippen molar-refractivity contribution in [3.8, 4) is 11.1 Å². The molecule has 1 aliphatic rings. The van der Waals surface area contributed by atoms with Gasteiger partial charge in [-0.1, -0.05) is 54.6 Å². The second-order valence-corrected chi connectivity index (χ2v) is 4.28. The Morgan fingerprint density at radius 1 is 0.944 bits per heavy atom. The Hall–Kier alpha value is -2.29. The molecule has 1 amide bonds. The maximum atomic E-state index is 11.0. The van der Waals surface area contributed by atoms with E-state index in [2.05, 4.69) is 29.6 Å². The number of ether oxygens (including phenoxy) is 1. The second kappa shape index (κ2) is 4.53. The van der Waals surface area contributed by atoms with Crippen LogP contribution in [0.5, 0.6) is 0 Å². The van der Waals surface area contributed by atoms with Gasteiger partial charge in [-0.2, -0.15) is 0 Å². The van der Waals surface area contributed by atoms with Crippen molar-refractivity contribution in [3.05, 3.63) is 60.2 Å². The summed E-state index contributed by atoms with van der Waals surface area (Å²) in [5.41, 5.74) is 3.43. The van der Waals surface area contributed by atoms with Gasteiger partial charge in [-0.3, -0.25) is 0 Å². The largest absolute Gasteiger partial charge is 0.447 e. The van der Waals surface area contributed by atoms with Crippen molar-refractivity contribution in [2.75, 3.05) is 6.61 Å². The minimum atomic E-state index is -0.341. The Bertz CT molecular complexity index is 548. The molecule has 3 nitrogen and oxygen atoms in total. The van der Waals surface area contributed by atoms with Crippen molar-refractivity contribution in [1.29, 1.82) is 0 Å². The van der Waals surface area contributed by atoms with Gasteiger partial charge in [-0.05, 0) is 16.7 Å². The number of cyclic esters (lactones) is 1. The van der Waals surface area contributed by atoms with E-state index in [0.717, 1.165) is 5.56 Å². The van der Waals surface area contributed by atoms with E-state index in [-0.39, 0.29) is 12.1 Å². The number of carbonyl (C=O) groups is 1. The molecule has 3 heteroatoms. The maximum absolute atomic E-state index is 11.0. The average molecular weight is 239 g/mol. The third-order valence-corrected chi connectivity index (χ3v) is 3.09. The first kappa shape index (κ1) is 10.8. The van der Waals surface area contributed by atoms with E-state index in [1.165, 1.54) is 11.1 Å². The van der Waals surface area contributed by atoms with Gasteiger partial charge in [-0.25, -0.2) is 4.79 Å². The number of hydrogen-bond donors (Lipinski definition) is 1. The zero-order valence-electron chi connectivity index (χ0n) is 9.80. The van der Waals surface area contributed by atoms with Gasteiger partial charge in [0.1, 0.15) is 6.61 Å². The van der Waals surface area contributed by atoms with Gasteiger partial charge in [0.2, 0.25) is 0 Å². The highest BCUT2D eigenvalue weighted by molar-refractivity contribution is 5.70. The van der Waals surface area contributed by atoms with Crippen molar-refractivity contribution >= 4 is 6.09 Å². The quantitative estimate of drug-likeness (QED) is 0.874. The number of amides is 1.